The minimum atomic E-state index is -0.585. The van der Waals surface area contributed by atoms with Gasteiger partial charge >= 0.3 is 0 Å². The molecule has 0 heterocycles. The molecule has 0 amide bonds. The SMILES string of the molecule is C[N+](C)(C/C=C(\[O-])OCl)CC(O)CCl. The van der Waals surface area contributed by atoms with Crippen molar-refractivity contribution in [2.45, 2.75) is 6.10 Å². The number of rotatable bonds is 6. The number of halogens is 2. The van der Waals surface area contributed by atoms with Gasteiger partial charge in [-0.2, -0.15) is 0 Å². The van der Waals surface area contributed by atoms with Crippen LogP contribution in [0.15, 0.2) is 12.0 Å². The highest BCUT2D eigenvalue weighted by Crippen LogP contribution is 2.03. The van der Waals surface area contributed by atoms with E-state index in [2.05, 4.69) is 4.29 Å². The smallest absolute Gasteiger partial charge is 0.116 e. The molecule has 1 unspecified atom stereocenters. The number of hydrogen-bond donors (Lipinski definition) is 1. The summed E-state index contributed by atoms with van der Waals surface area (Å²) in [7, 11) is 3.74. The lowest BCUT2D eigenvalue weighted by Gasteiger charge is -2.30. The molecule has 0 aliphatic carbocycles. The highest BCUT2D eigenvalue weighted by Gasteiger charge is 2.18. The number of aliphatic hydroxyl groups excluding tert-OH is 1. The van der Waals surface area contributed by atoms with Gasteiger partial charge in [0.15, 0.2) is 0 Å². The van der Waals surface area contributed by atoms with Crippen molar-refractivity contribution in [2.75, 3.05) is 33.1 Å². The maximum absolute atomic E-state index is 10.7. The minimum Gasteiger partial charge on any atom is -0.545 e. The first-order chi connectivity index (χ1) is 6.41. The van der Waals surface area contributed by atoms with E-state index in [0.717, 1.165) is 0 Å². The molecule has 0 rings (SSSR count). The Balaban J connectivity index is 4.06. The zero-order chi connectivity index (χ0) is 11.2. The fraction of sp³-hybridized carbons (Fsp3) is 0.750. The van der Waals surface area contributed by atoms with E-state index >= 15 is 0 Å². The predicted octanol–water partition coefficient (Wildman–Crippen LogP) is 0.0346. The monoisotopic (exact) mass is 243 g/mol. The molecule has 0 aliphatic heterocycles. The van der Waals surface area contributed by atoms with Crippen molar-refractivity contribution in [2.24, 2.45) is 0 Å². The molecule has 0 spiro atoms. The second-order valence-corrected chi connectivity index (χ2v) is 4.17. The first kappa shape index (κ1) is 13.8. The maximum Gasteiger partial charge on any atom is 0.116 e. The van der Waals surface area contributed by atoms with Crippen molar-refractivity contribution in [1.29, 1.82) is 0 Å². The largest absolute Gasteiger partial charge is 0.545 e. The van der Waals surface area contributed by atoms with Crippen molar-refractivity contribution in [3.63, 3.8) is 0 Å². The van der Waals surface area contributed by atoms with Crippen LogP contribution in [0.1, 0.15) is 0 Å². The van der Waals surface area contributed by atoms with E-state index in [9.17, 15) is 10.2 Å². The molecule has 0 saturated carbocycles. The number of nitrogens with zero attached hydrogens (tertiary/aromatic N) is 1. The molecule has 1 N–H and O–H groups in total. The van der Waals surface area contributed by atoms with Gasteiger partial charge in [0.2, 0.25) is 0 Å². The van der Waals surface area contributed by atoms with E-state index in [1.165, 1.54) is 6.08 Å². The van der Waals surface area contributed by atoms with E-state index in [-0.39, 0.29) is 5.88 Å². The van der Waals surface area contributed by atoms with Gasteiger partial charge < -0.3 is 19.0 Å². The molecular formula is C8H15Cl2NO3. The van der Waals surface area contributed by atoms with Crippen LogP contribution in [0.3, 0.4) is 0 Å². The number of aliphatic hydroxyl groups is 1. The van der Waals surface area contributed by atoms with Crippen LogP contribution in [-0.2, 0) is 4.29 Å². The summed E-state index contributed by atoms with van der Waals surface area (Å²) in [6, 6.07) is 0. The zero-order valence-electron chi connectivity index (χ0n) is 8.24. The third-order valence-corrected chi connectivity index (χ3v) is 2.22. The fourth-order valence-corrected chi connectivity index (χ4v) is 1.21. The number of alkyl halides is 1. The Morgan fingerprint density at radius 1 is 1.64 bits per heavy atom. The molecule has 84 valence electrons. The van der Waals surface area contributed by atoms with Gasteiger partial charge in [-0.25, -0.2) is 0 Å². The van der Waals surface area contributed by atoms with Crippen LogP contribution >= 0.6 is 23.5 Å². The lowest BCUT2D eigenvalue weighted by molar-refractivity contribution is -0.887. The summed E-state index contributed by atoms with van der Waals surface area (Å²) in [5, 5.41) is 20.0. The van der Waals surface area contributed by atoms with E-state index < -0.39 is 12.0 Å². The van der Waals surface area contributed by atoms with Crippen molar-refractivity contribution in [3.8, 4) is 0 Å². The molecule has 0 radical (unpaired) electrons. The van der Waals surface area contributed by atoms with Gasteiger partial charge in [-0.15, -0.1) is 11.6 Å². The van der Waals surface area contributed by atoms with E-state index in [1.807, 2.05) is 14.1 Å². The Bertz CT molecular complexity index is 197. The standard InChI is InChI=1S/C8H15Cl2NO3/c1-11(2,6-7(12)5-9)4-3-8(13)14-10/h3,7,12H,4-6H2,1-2H3/b8-3+. The summed E-state index contributed by atoms with van der Waals surface area (Å²) >= 11 is 10.3. The Kier molecular flexibility index (Phi) is 6.27. The lowest BCUT2D eigenvalue weighted by atomic mass is 10.3. The fourth-order valence-electron chi connectivity index (χ4n) is 1.05. The predicted molar refractivity (Wildman–Crippen MR) is 53.6 cm³/mol. The van der Waals surface area contributed by atoms with E-state index in [4.69, 9.17) is 23.5 Å². The number of hydrogen-bond acceptors (Lipinski definition) is 3. The summed E-state index contributed by atoms with van der Waals surface area (Å²) < 4.78 is 4.40. The molecule has 0 aromatic rings. The third kappa shape index (κ3) is 6.32. The van der Waals surface area contributed by atoms with Crippen LogP contribution in [0.5, 0.6) is 0 Å². The summed E-state index contributed by atoms with van der Waals surface area (Å²) in [5.74, 6) is -0.403. The highest BCUT2D eigenvalue weighted by atomic mass is 35.5. The van der Waals surface area contributed by atoms with Crippen molar-refractivity contribution in [1.82, 2.24) is 0 Å². The van der Waals surface area contributed by atoms with Gasteiger partial charge in [0.1, 0.15) is 12.6 Å². The average Bonchev–Trinajstić information content (AvgIpc) is 2.13. The third-order valence-electron chi connectivity index (χ3n) is 1.71. The highest BCUT2D eigenvalue weighted by molar-refractivity contribution is 6.18. The number of quaternary nitrogens is 1. The lowest BCUT2D eigenvalue weighted by Crippen LogP contribution is -2.46. The van der Waals surface area contributed by atoms with Crippen LogP contribution in [0.2, 0.25) is 0 Å². The van der Waals surface area contributed by atoms with Gasteiger partial charge in [-0.05, 0) is 17.9 Å². The molecule has 0 aromatic heterocycles. The molecule has 0 saturated heterocycles. The maximum atomic E-state index is 10.7. The van der Waals surface area contributed by atoms with Gasteiger partial charge in [0.25, 0.3) is 0 Å². The molecule has 6 heteroatoms. The summed E-state index contributed by atoms with van der Waals surface area (Å²) in [6.07, 6.45) is 0.751. The van der Waals surface area contributed by atoms with E-state index in [1.54, 1.807) is 0 Å². The second-order valence-electron chi connectivity index (χ2n) is 3.71. The molecule has 0 fully saturated rings. The Morgan fingerprint density at radius 3 is 2.64 bits per heavy atom. The Hall–Kier alpha value is -0.160. The molecule has 14 heavy (non-hydrogen) atoms. The van der Waals surface area contributed by atoms with Crippen LogP contribution in [-0.4, -0.2) is 48.8 Å². The first-order valence-corrected chi connectivity index (χ1v) is 4.97. The average molecular weight is 244 g/mol. The molecular weight excluding hydrogens is 229 g/mol. The van der Waals surface area contributed by atoms with Gasteiger partial charge in [-0.1, -0.05) is 0 Å². The van der Waals surface area contributed by atoms with Gasteiger partial charge in [0.05, 0.1) is 32.5 Å². The molecule has 0 aliphatic rings. The molecule has 4 nitrogen and oxygen atoms in total. The normalized spacial score (nSPS) is 15.4. The van der Waals surface area contributed by atoms with E-state index in [0.29, 0.717) is 17.6 Å². The van der Waals surface area contributed by atoms with Crippen molar-refractivity contribution < 1.29 is 19.0 Å². The Morgan fingerprint density at radius 2 is 2.21 bits per heavy atom. The molecule has 0 aromatic carbocycles. The Labute approximate surface area is 94.1 Å². The molecule has 1 atom stereocenters. The molecule has 0 bridgehead atoms. The van der Waals surface area contributed by atoms with Gasteiger partial charge in [0, 0.05) is 0 Å². The van der Waals surface area contributed by atoms with Crippen LogP contribution in [0, 0.1) is 0 Å². The van der Waals surface area contributed by atoms with Crippen molar-refractivity contribution >= 4 is 23.5 Å². The second kappa shape index (κ2) is 6.35. The minimum absolute atomic E-state index is 0.182. The van der Waals surface area contributed by atoms with Crippen LogP contribution in [0.4, 0.5) is 0 Å². The summed E-state index contributed by atoms with van der Waals surface area (Å²) in [5.41, 5.74) is 0. The summed E-state index contributed by atoms with van der Waals surface area (Å²) in [4.78, 5) is 0. The quantitative estimate of drug-likeness (QED) is 0.407. The first-order valence-electron chi connectivity index (χ1n) is 4.13. The van der Waals surface area contributed by atoms with Crippen LogP contribution < -0.4 is 5.11 Å². The van der Waals surface area contributed by atoms with Crippen molar-refractivity contribution in [3.05, 3.63) is 12.0 Å². The van der Waals surface area contributed by atoms with Gasteiger partial charge in [-0.3, -0.25) is 0 Å². The topological polar surface area (TPSA) is 52.5 Å². The number of likely N-dealkylation sites (N-methyl/N-ethyl adjacent to an activating group) is 1. The summed E-state index contributed by atoms with van der Waals surface area (Å²) in [6.45, 7) is 0.898. The zero-order valence-corrected chi connectivity index (χ0v) is 9.75. The van der Waals surface area contributed by atoms with Crippen LogP contribution in [0.25, 0.3) is 0 Å².